The van der Waals surface area contributed by atoms with E-state index in [1.54, 1.807) is 18.7 Å². The lowest BCUT2D eigenvalue weighted by molar-refractivity contribution is 0.208. The van der Waals surface area contributed by atoms with Gasteiger partial charge in [0.2, 0.25) is 0 Å². The number of imidazole rings is 1. The van der Waals surface area contributed by atoms with E-state index in [0.717, 1.165) is 22.2 Å². The average molecular weight is 267 g/mol. The number of nitrogens with zero attached hydrogens (tertiary/aromatic N) is 3. The first-order valence-electron chi connectivity index (χ1n) is 6.71. The fourth-order valence-electron chi connectivity index (χ4n) is 2.38. The Hall–Kier alpha value is -2.20. The van der Waals surface area contributed by atoms with Gasteiger partial charge in [-0.2, -0.15) is 0 Å². The number of pyridine rings is 1. The van der Waals surface area contributed by atoms with Crippen molar-refractivity contribution in [2.24, 2.45) is 0 Å². The van der Waals surface area contributed by atoms with Crippen molar-refractivity contribution in [1.29, 1.82) is 0 Å². The Kier molecular flexibility index (Phi) is 3.24. The van der Waals surface area contributed by atoms with E-state index in [2.05, 4.69) is 23.8 Å². The smallest absolute Gasteiger partial charge is 0.121 e. The summed E-state index contributed by atoms with van der Waals surface area (Å²) >= 11 is 0. The Balaban J connectivity index is 2.03. The van der Waals surface area contributed by atoms with Crippen LogP contribution >= 0.6 is 0 Å². The number of benzene rings is 1. The van der Waals surface area contributed by atoms with E-state index in [9.17, 15) is 5.11 Å². The molecule has 0 radical (unpaired) electrons. The zero-order valence-corrected chi connectivity index (χ0v) is 11.6. The number of hydrogen-bond acceptors (Lipinski definition) is 3. The highest BCUT2D eigenvalue weighted by molar-refractivity contribution is 5.79. The molecule has 4 heteroatoms. The standard InChI is InChI=1S/C16H17N3O/c1-11(2)19-10-17-9-15(19)16(20)13-6-5-12-4-3-7-18-14(12)8-13/h3-11,16,20H,1-2H3. The van der Waals surface area contributed by atoms with Crippen LogP contribution in [0.3, 0.4) is 0 Å². The van der Waals surface area contributed by atoms with E-state index in [1.165, 1.54) is 0 Å². The van der Waals surface area contributed by atoms with Crippen molar-refractivity contribution in [3.8, 4) is 0 Å². The Labute approximate surface area is 117 Å². The van der Waals surface area contributed by atoms with Crippen LogP contribution in [0.4, 0.5) is 0 Å². The lowest BCUT2D eigenvalue weighted by Gasteiger charge is -2.17. The highest BCUT2D eigenvalue weighted by Gasteiger charge is 2.17. The molecule has 20 heavy (non-hydrogen) atoms. The Morgan fingerprint density at radius 1 is 1.20 bits per heavy atom. The van der Waals surface area contributed by atoms with Gasteiger partial charge in [0, 0.05) is 17.6 Å². The molecule has 0 aliphatic heterocycles. The molecule has 1 atom stereocenters. The van der Waals surface area contributed by atoms with Crippen molar-refractivity contribution in [2.45, 2.75) is 26.0 Å². The second-order valence-corrected chi connectivity index (χ2v) is 5.18. The quantitative estimate of drug-likeness (QED) is 0.793. The molecular formula is C16H17N3O. The topological polar surface area (TPSA) is 50.9 Å². The van der Waals surface area contributed by atoms with Crippen LogP contribution in [0.15, 0.2) is 49.1 Å². The molecule has 0 saturated heterocycles. The summed E-state index contributed by atoms with van der Waals surface area (Å²) in [5.41, 5.74) is 2.52. The number of hydrogen-bond donors (Lipinski definition) is 1. The van der Waals surface area contributed by atoms with Gasteiger partial charge in [0.15, 0.2) is 0 Å². The molecule has 1 unspecified atom stereocenters. The van der Waals surface area contributed by atoms with Gasteiger partial charge >= 0.3 is 0 Å². The summed E-state index contributed by atoms with van der Waals surface area (Å²) in [6, 6.07) is 10.0. The molecule has 0 amide bonds. The second-order valence-electron chi connectivity index (χ2n) is 5.18. The molecule has 0 bridgehead atoms. The van der Waals surface area contributed by atoms with Crippen molar-refractivity contribution in [2.75, 3.05) is 0 Å². The maximum absolute atomic E-state index is 10.6. The minimum absolute atomic E-state index is 0.265. The number of rotatable bonds is 3. The van der Waals surface area contributed by atoms with Crippen LogP contribution < -0.4 is 0 Å². The molecular weight excluding hydrogens is 250 g/mol. The molecule has 0 aliphatic carbocycles. The Morgan fingerprint density at radius 3 is 2.85 bits per heavy atom. The van der Waals surface area contributed by atoms with Gasteiger partial charge in [-0.25, -0.2) is 4.98 Å². The van der Waals surface area contributed by atoms with E-state index in [-0.39, 0.29) is 6.04 Å². The predicted octanol–water partition coefficient (Wildman–Crippen LogP) is 3.09. The summed E-state index contributed by atoms with van der Waals surface area (Å²) in [5, 5.41) is 11.7. The zero-order valence-electron chi connectivity index (χ0n) is 11.6. The third-order valence-electron chi connectivity index (χ3n) is 3.48. The van der Waals surface area contributed by atoms with Gasteiger partial charge in [-0.05, 0) is 31.5 Å². The number of aromatic nitrogens is 3. The highest BCUT2D eigenvalue weighted by Crippen LogP contribution is 2.26. The number of fused-ring (bicyclic) bond motifs is 1. The number of aliphatic hydroxyl groups is 1. The van der Waals surface area contributed by atoms with E-state index >= 15 is 0 Å². The van der Waals surface area contributed by atoms with Crippen molar-refractivity contribution >= 4 is 10.9 Å². The van der Waals surface area contributed by atoms with Crippen LogP contribution in [0.5, 0.6) is 0 Å². The van der Waals surface area contributed by atoms with Crippen LogP contribution in [-0.2, 0) is 0 Å². The zero-order chi connectivity index (χ0) is 14.1. The van der Waals surface area contributed by atoms with Crippen molar-refractivity contribution in [3.63, 3.8) is 0 Å². The third-order valence-corrected chi connectivity index (χ3v) is 3.48. The maximum atomic E-state index is 10.6. The predicted molar refractivity (Wildman–Crippen MR) is 78.4 cm³/mol. The Bertz CT molecular complexity index is 733. The first kappa shape index (κ1) is 12.8. The van der Waals surface area contributed by atoms with Gasteiger partial charge in [0.05, 0.1) is 23.7 Å². The molecule has 1 aromatic carbocycles. The molecule has 3 rings (SSSR count). The minimum atomic E-state index is -0.689. The lowest BCUT2D eigenvalue weighted by atomic mass is 10.0. The van der Waals surface area contributed by atoms with Gasteiger partial charge in [0.1, 0.15) is 6.10 Å². The fourth-order valence-corrected chi connectivity index (χ4v) is 2.38. The summed E-state index contributed by atoms with van der Waals surface area (Å²) < 4.78 is 1.98. The van der Waals surface area contributed by atoms with Crippen molar-refractivity contribution in [3.05, 3.63) is 60.3 Å². The van der Waals surface area contributed by atoms with Gasteiger partial charge in [-0.15, -0.1) is 0 Å². The van der Waals surface area contributed by atoms with Gasteiger partial charge in [-0.3, -0.25) is 4.98 Å². The summed E-state index contributed by atoms with van der Waals surface area (Å²) in [5.74, 6) is 0. The van der Waals surface area contributed by atoms with Crippen LogP contribution in [-0.4, -0.2) is 19.6 Å². The third kappa shape index (κ3) is 2.18. The minimum Gasteiger partial charge on any atom is -0.382 e. The summed E-state index contributed by atoms with van der Waals surface area (Å²) in [6.45, 7) is 4.14. The maximum Gasteiger partial charge on any atom is 0.121 e. The van der Waals surface area contributed by atoms with Crippen molar-refractivity contribution < 1.29 is 5.11 Å². The molecule has 2 aromatic heterocycles. The van der Waals surface area contributed by atoms with Gasteiger partial charge in [0.25, 0.3) is 0 Å². The number of aliphatic hydroxyl groups excluding tert-OH is 1. The van der Waals surface area contributed by atoms with Crippen LogP contribution in [0, 0.1) is 0 Å². The molecule has 4 nitrogen and oxygen atoms in total. The fraction of sp³-hybridized carbons (Fsp3) is 0.250. The molecule has 0 aliphatic rings. The normalized spacial score (nSPS) is 13.0. The van der Waals surface area contributed by atoms with Crippen LogP contribution in [0.25, 0.3) is 10.9 Å². The summed E-state index contributed by atoms with van der Waals surface area (Å²) in [6.07, 6.45) is 4.54. The van der Waals surface area contributed by atoms with Crippen molar-refractivity contribution in [1.82, 2.24) is 14.5 Å². The molecule has 1 N–H and O–H groups in total. The average Bonchev–Trinajstić information content (AvgIpc) is 2.95. The molecule has 102 valence electrons. The SMILES string of the molecule is CC(C)n1cncc1C(O)c1ccc2cccnc2c1. The summed E-state index contributed by atoms with van der Waals surface area (Å²) in [4.78, 5) is 8.47. The first-order chi connectivity index (χ1) is 9.66. The summed E-state index contributed by atoms with van der Waals surface area (Å²) in [7, 11) is 0. The van der Waals surface area contributed by atoms with E-state index < -0.39 is 6.10 Å². The van der Waals surface area contributed by atoms with Crippen LogP contribution in [0.1, 0.15) is 37.3 Å². The molecule has 0 fully saturated rings. The molecule has 2 heterocycles. The molecule has 0 spiro atoms. The lowest BCUT2D eigenvalue weighted by Crippen LogP contribution is -2.10. The Morgan fingerprint density at radius 2 is 2.05 bits per heavy atom. The second kappa shape index (κ2) is 5.06. The molecule has 0 saturated carbocycles. The van der Waals surface area contributed by atoms with Gasteiger partial charge < -0.3 is 9.67 Å². The first-order valence-corrected chi connectivity index (χ1v) is 6.71. The monoisotopic (exact) mass is 267 g/mol. The highest BCUT2D eigenvalue weighted by atomic mass is 16.3. The molecule has 3 aromatic rings. The van der Waals surface area contributed by atoms with E-state index in [1.807, 2.05) is 34.9 Å². The van der Waals surface area contributed by atoms with Crippen LogP contribution in [0.2, 0.25) is 0 Å². The van der Waals surface area contributed by atoms with Gasteiger partial charge in [-0.1, -0.05) is 18.2 Å². The largest absolute Gasteiger partial charge is 0.382 e. The van der Waals surface area contributed by atoms with E-state index in [4.69, 9.17) is 0 Å². The van der Waals surface area contributed by atoms with E-state index in [0.29, 0.717) is 0 Å².